The molecule has 0 saturated heterocycles. The molecule has 0 aromatic heterocycles. The molecule has 0 radical (unpaired) electrons. The molecular weight excluding hydrogens is 388 g/mol. The van der Waals surface area contributed by atoms with Crippen LogP contribution in [0.5, 0.6) is 11.5 Å². The Morgan fingerprint density at radius 2 is 1.42 bits per heavy atom. The van der Waals surface area contributed by atoms with Crippen molar-refractivity contribution in [3.63, 3.8) is 0 Å². The van der Waals surface area contributed by atoms with Crippen molar-refractivity contribution >= 4 is 11.8 Å². The quantitative estimate of drug-likeness (QED) is 0.456. The number of carbonyl (C=O) groups is 2. The van der Waals surface area contributed by atoms with Crippen molar-refractivity contribution in [3.05, 3.63) is 95.6 Å². The second kappa shape index (κ2) is 8.76. The topological polar surface area (TPSA) is 52.6 Å². The minimum atomic E-state index is -0.950. The van der Waals surface area contributed by atoms with E-state index < -0.39 is 11.4 Å². The van der Waals surface area contributed by atoms with Crippen molar-refractivity contribution in [2.24, 2.45) is 5.41 Å². The smallest absolute Gasteiger partial charge is 0.324 e. The molecule has 2 aromatic carbocycles. The Kier molecular flexibility index (Phi) is 6.30. The lowest BCUT2D eigenvalue weighted by molar-refractivity contribution is -0.140. The van der Waals surface area contributed by atoms with E-state index in [9.17, 15) is 9.59 Å². The minimum absolute atomic E-state index is 0.0476. The van der Waals surface area contributed by atoms with E-state index in [4.69, 9.17) is 9.47 Å². The highest BCUT2D eigenvalue weighted by atomic mass is 16.5. The van der Waals surface area contributed by atoms with Crippen molar-refractivity contribution in [2.45, 2.75) is 33.1 Å². The minimum Gasteiger partial charge on any atom is -0.497 e. The Hall–Kier alpha value is -3.40. The second-order valence-corrected chi connectivity index (χ2v) is 8.42. The van der Waals surface area contributed by atoms with Crippen LogP contribution >= 0.6 is 0 Å². The molecule has 0 aliphatic heterocycles. The van der Waals surface area contributed by atoms with E-state index in [0.29, 0.717) is 11.3 Å². The van der Waals surface area contributed by atoms with E-state index in [1.165, 1.54) is 6.92 Å². The van der Waals surface area contributed by atoms with Crippen LogP contribution < -0.4 is 9.47 Å². The molecule has 0 spiro atoms. The first-order chi connectivity index (χ1) is 14.7. The molecule has 2 aromatic rings. The van der Waals surface area contributed by atoms with Gasteiger partial charge < -0.3 is 9.47 Å². The summed E-state index contributed by atoms with van der Waals surface area (Å²) in [4.78, 5) is 24.4. The highest BCUT2D eigenvalue weighted by molar-refractivity contribution is 5.97. The molecule has 0 heterocycles. The number of ether oxygens (including phenoxy) is 2. The fraction of sp³-hybridized carbons (Fsp3) is 0.259. The third-order valence-electron chi connectivity index (χ3n) is 5.77. The number of Topliss-reactive ketones (excluding diaryl/α,β-unsaturated/α-hetero) is 1. The fourth-order valence-corrected chi connectivity index (χ4v) is 3.43. The number of esters is 1. The molecule has 0 fully saturated rings. The Bertz CT molecular complexity index is 1050. The largest absolute Gasteiger partial charge is 0.497 e. The van der Waals surface area contributed by atoms with Crippen molar-refractivity contribution < 1.29 is 19.1 Å². The number of benzene rings is 2. The summed E-state index contributed by atoms with van der Waals surface area (Å²) >= 11 is 0. The van der Waals surface area contributed by atoms with E-state index in [-0.39, 0.29) is 11.2 Å². The molecule has 4 nitrogen and oxygen atoms in total. The average molecular weight is 417 g/mol. The van der Waals surface area contributed by atoms with Gasteiger partial charge in [-0.1, -0.05) is 68.5 Å². The molecule has 0 bridgehead atoms. The van der Waals surface area contributed by atoms with E-state index in [0.717, 1.165) is 16.9 Å². The summed E-state index contributed by atoms with van der Waals surface area (Å²) in [6.07, 6.45) is 8.53. The normalized spacial score (nSPS) is 18.2. The van der Waals surface area contributed by atoms with Crippen LogP contribution in [0.25, 0.3) is 0 Å². The van der Waals surface area contributed by atoms with Crippen molar-refractivity contribution in [1.82, 2.24) is 0 Å². The first kappa shape index (κ1) is 22.3. The number of hydrogen-bond donors (Lipinski definition) is 0. The van der Waals surface area contributed by atoms with Gasteiger partial charge in [-0.25, -0.2) is 0 Å². The maximum atomic E-state index is 12.8. The molecule has 0 amide bonds. The van der Waals surface area contributed by atoms with Crippen LogP contribution in [0.3, 0.4) is 0 Å². The number of allylic oxidation sites excluding steroid dienone is 4. The van der Waals surface area contributed by atoms with Crippen molar-refractivity contribution in [1.29, 1.82) is 0 Å². The van der Waals surface area contributed by atoms with Gasteiger partial charge in [-0.2, -0.15) is 0 Å². The zero-order valence-corrected chi connectivity index (χ0v) is 18.6. The Labute approximate surface area is 183 Å². The van der Waals surface area contributed by atoms with Crippen molar-refractivity contribution in [3.8, 4) is 11.5 Å². The van der Waals surface area contributed by atoms with Gasteiger partial charge in [-0.05, 0) is 49.2 Å². The molecular formula is C27H28O4. The molecule has 4 heteroatoms. The summed E-state index contributed by atoms with van der Waals surface area (Å²) in [5.74, 6) is 0.850. The summed E-state index contributed by atoms with van der Waals surface area (Å²) in [6, 6.07) is 15.6. The maximum absolute atomic E-state index is 12.8. The lowest BCUT2D eigenvalue weighted by Crippen LogP contribution is -2.28. The van der Waals surface area contributed by atoms with Gasteiger partial charge in [0, 0.05) is 11.0 Å². The van der Waals surface area contributed by atoms with Crippen LogP contribution in [0.15, 0.2) is 84.5 Å². The highest BCUT2D eigenvalue weighted by Crippen LogP contribution is 2.34. The predicted molar refractivity (Wildman–Crippen MR) is 122 cm³/mol. The van der Waals surface area contributed by atoms with Crippen LogP contribution in [0, 0.1) is 5.41 Å². The Balaban J connectivity index is 1.75. The molecule has 1 atom stereocenters. The number of ketones is 1. The molecule has 160 valence electrons. The second-order valence-electron chi connectivity index (χ2n) is 8.42. The third kappa shape index (κ3) is 4.85. The van der Waals surface area contributed by atoms with Gasteiger partial charge in [0.15, 0.2) is 5.78 Å². The zero-order chi connectivity index (χ0) is 22.6. The van der Waals surface area contributed by atoms with Crippen LogP contribution in [0.1, 0.15) is 38.8 Å². The van der Waals surface area contributed by atoms with Gasteiger partial charge in [-0.3, -0.25) is 9.59 Å². The van der Waals surface area contributed by atoms with Crippen LogP contribution in [-0.2, 0) is 15.0 Å². The van der Waals surface area contributed by atoms with Crippen LogP contribution in [0.2, 0.25) is 0 Å². The van der Waals surface area contributed by atoms with E-state index >= 15 is 0 Å². The molecule has 1 aliphatic carbocycles. The molecule has 0 saturated carbocycles. The van der Waals surface area contributed by atoms with E-state index in [2.05, 4.69) is 26.0 Å². The molecule has 0 N–H and O–H groups in total. The van der Waals surface area contributed by atoms with Gasteiger partial charge in [-0.15, -0.1) is 0 Å². The van der Waals surface area contributed by atoms with Gasteiger partial charge in [0.25, 0.3) is 0 Å². The number of hydrogen-bond acceptors (Lipinski definition) is 4. The monoisotopic (exact) mass is 416 g/mol. The van der Waals surface area contributed by atoms with E-state index in [1.807, 2.05) is 36.4 Å². The van der Waals surface area contributed by atoms with E-state index in [1.54, 1.807) is 44.4 Å². The number of methoxy groups -OCH3 is 1. The van der Waals surface area contributed by atoms with Gasteiger partial charge in [0.05, 0.1) is 7.11 Å². The average Bonchev–Trinajstić information content (AvgIpc) is 2.97. The Morgan fingerprint density at radius 1 is 0.871 bits per heavy atom. The summed E-state index contributed by atoms with van der Waals surface area (Å²) < 4.78 is 10.9. The fourth-order valence-electron chi connectivity index (χ4n) is 3.43. The van der Waals surface area contributed by atoms with Crippen LogP contribution in [-0.4, -0.2) is 18.9 Å². The lowest BCUT2D eigenvalue weighted by Gasteiger charge is -2.26. The summed E-state index contributed by atoms with van der Waals surface area (Å²) in [5.41, 5.74) is 1.65. The van der Waals surface area contributed by atoms with Gasteiger partial charge >= 0.3 is 5.97 Å². The first-order valence-electron chi connectivity index (χ1n) is 10.2. The SMILES string of the molecule is COc1ccc(C(C)(C)c2ccc(OC(=O)C3(C)C=CC=C(C(C)=O)C=C3)cc2)cc1. The summed E-state index contributed by atoms with van der Waals surface area (Å²) in [6.45, 7) is 7.57. The van der Waals surface area contributed by atoms with Gasteiger partial charge in [0.1, 0.15) is 16.9 Å². The Morgan fingerprint density at radius 3 is 1.94 bits per heavy atom. The van der Waals surface area contributed by atoms with Gasteiger partial charge in [0.2, 0.25) is 0 Å². The number of carbonyl (C=O) groups excluding carboxylic acids is 2. The molecule has 31 heavy (non-hydrogen) atoms. The molecule has 1 unspecified atom stereocenters. The summed E-state index contributed by atoms with van der Waals surface area (Å²) in [5, 5.41) is 0. The zero-order valence-electron chi connectivity index (χ0n) is 18.6. The highest BCUT2D eigenvalue weighted by Gasteiger charge is 2.31. The summed E-state index contributed by atoms with van der Waals surface area (Å²) in [7, 11) is 1.65. The molecule has 1 aliphatic rings. The molecule has 3 rings (SSSR count). The predicted octanol–water partition coefficient (Wildman–Crippen LogP) is 5.57. The first-order valence-corrected chi connectivity index (χ1v) is 10.2. The van der Waals surface area contributed by atoms with Crippen molar-refractivity contribution in [2.75, 3.05) is 7.11 Å². The lowest BCUT2D eigenvalue weighted by atomic mass is 9.78. The standard InChI is InChI=1S/C27H28O4/c1-19(28)20-7-6-17-27(4,18-16-20)25(29)31-24-14-10-22(11-15-24)26(2,3)21-8-12-23(30-5)13-9-21/h6-18H,1-5H3. The van der Waals surface area contributed by atoms with Crippen LogP contribution in [0.4, 0.5) is 0 Å². The third-order valence-corrected chi connectivity index (χ3v) is 5.77. The maximum Gasteiger partial charge on any atom is 0.324 e. The number of rotatable bonds is 6.